The molecule has 0 saturated carbocycles. The lowest BCUT2D eigenvalue weighted by Crippen LogP contribution is -2.23. The van der Waals surface area contributed by atoms with Gasteiger partial charge in [0.2, 0.25) is 0 Å². The number of ketones is 1. The van der Waals surface area contributed by atoms with Crippen molar-refractivity contribution in [3.05, 3.63) is 52.9 Å². The number of carbonyl (C=O) groups is 1. The van der Waals surface area contributed by atoms with Crippen LogP contribution in [0.4, 0.5) is 17.1 Å². The van der Waals surface area contributed by atoms with Crippen molar-refractivity contribution in [2.45, 2.75) is 27.2 Å². The van der Waals surface area contributed by atoms with Crippen LogP contribution in [0.3, 0.4) is 0 Å². The van der Waals surface area contributed by atoms with Crippen molar-refractivity contribution >= 4 is 44.3 Å². The van der Waals surface area contributed by atoms with Crippen LogP contribution < -0.4 is 4.90 Å². The van der Waals surface area contributed by atoms with Gasteiger partial charge in [0.15, 0.2) is 5.78 Å². The van der Waals surface area contributed by atoms with E-state index in [4.69, 9.17) is 5.26 Å². The standard InChI is InChI=1S/C22H22N4OS/c1-4-26(13-7-12-23)17-10-11-19(15(2)14-17)24-25-21-18-8-5-6-9-20(18)28-22(21)16(3)27/h5-6,8-11,14H,4,7,13H2,1-3H3. The average Bonchev–Trinajstić information content (AvgIpc) is 3.07. The van der Waals surface area contributed by atoms with Crippen molar-refractivity contribution in [2.75, 3.05) is 18.0 Å². The van der Waals surface area contributed by atoms with E-state index in [1.807, 2.05) is 43.3 Å². The Morgan fingerprint density at radius 3 is 2.68 bits per heavy atom. The molecule has 0 aliphatic heterocycles. The van der Waals surface area contributed by atoms with Crippen LogP contribution in [0.25, 0.3) is 10.1 Å². The fraction of sp³-hybridized carbons (Fsp3) is 0.273. The summed E-state index contributed by atoms with van der Waals surface area (Å²) < 4.78 is 1.03. The van der Waals surface area contributed by atoms with Crippen LogP contribution in [0, 0.1) is 18.3 Å². The van der Waals surface area contributed by atoms with E-state index in [0.717, 1.165) is 33.6 Å². The molecule has 0 saturated heterocycles. The molecule has 3 rings (SSSR count). The first-order valence-electron chi connectivity index (χ1n) is 9.22. The summed E-state index contributed by atoms with van der Waals surface area (Å²) >= 11 is 1.45. The highest BCUT2D eigenvalue weighted by molar-refractivity contribution is 7.21. The molecule has 3 aromatic rings. The van der Waals surface area contributed by atoms with Gasteiger partial charge in [-0.2, -0.15) is 10.4 Å². The molecule has 0 aliphatic rings. The van der Waals surface area contributed by atoms with Crippen molar-refractivity contribution in [1.29, 1.82) is 5.26 Å². The molecule has 0 unspecified atom stereocenters. The summed E-state index contributed by atoms with van der Waals surface area (Å²) in [6, 6.07) is 16.1. The van der Waals surface area contributed by atoms with Crippen molar-refractivity contribution in [1.82, 2.24) is 0 Å². The topological polar surface area (TPSA) is 68.8 Å². The van der Waals surface area contributed by atoms with Crippen LogP contribution in [-0.4, -0.2) is 18.9 Å². The summed E-state index contributed by atoms with van der Waals surface area (Å²) in [4.78, 5) is 14.8. The number of carbonyl (C=O) groups excluding carboxylic acids is 1. The number of benzene rings is 2. The number of Topliss-reactive ketones (excluding diaryl/α,β-unsaturated/α-hetero) is 1. The second-order valence-electron chi connectivity index (χ2n) is 6.49. The highest BCUT2D eigenvalue weighted by atomic mass is 32.1. The Morgan fingerprint density at radius 2 is 2.00 bits per heavy atom. The summed E-state index contributed by atoms with van der Waals surface area (Å²) in [5.74, 6) is -0.00157. The van der Waals surface area contributed by atoms with Gasteiger partial charge in [-0.25, -0.2) is 0 Å². The smallest absolute Gasteiger partial charge is 0.172 e. The van der Waals surface area contributed by atoms with Crippen LogP contribution in [0.2, 0.25) is 0 Å². The third kappa shape index (κ3) is 4.10. The van der Waals surface area contributed by atoms with Gasteiger partial charge in [-0.05, 0) is 43.7 Å². The largest absolute Gasteiger partial charge is 0.371 e. The lowest BCUT2D eigenvalue weighted by Gasteiger charge is -2.22. The molecular weight excluding hydrogens is 368 g/mol. The van der Waals surface area contributed by atoms with E-state index in [-0.39, 0.29) is 5.78 Å². The first-order valence-corrected chi connectivity index (χ1v) is 10.0. The molecule has 1 heterocycles. The molecule has 28 heavy (non-hydrogen) atoms. The third-order valence-corrected chi connectivity index (χ3v) is 5.83. The number of thiophene rings is 1. The van der Waals surface area contributed by atoms with E-state index in [1.54, 1.807) is 6.92 Å². The molecule has 142 valence electrons. The maximum absolute atomic E-state index is 12.0. The highest BCUT2D eigenvalue weighted by Crippen LogP contribution is 2.39. The number of aryl methyl sites for hydroxylation is 1. The molecule has 5 nitrogen and oxygen atoms in total. The monoisotopic (exact) mass is 390 g/mol. The maximum atomic E-state index is 12.0. The Bertz CT molecular complexity index is 1080. The molecule has 0 atom stereocenters. The summed E-state index contributed by atoms with van der Waals surface area (Å²) in [6.45, 7) is 7.17. The normalized spacial score (nSPS) is 11.1. The molecule has 0 aliphatic carbocycles. The van der Waals surface area contributed by atoms with Gasteiger partial charge in [-0.15, -0.1) is 16.5 Å². The molecular formula is C22H22N4OS. The van der Waals surface area contributed by atoms with Crippen LogP contribution in [0.1, 0.15) is 35.5 Å². The fourth-order valence-corrected chi connectivity index (χ4v) is 4.11. The summed E-state index contributed by atoms with van der Waals surface area (Å²) in [6.07, 6.45) is 0.493. The van der Waals surface area contributed by atoms with Crippen molar-refractivity contribution in [3.63, 3.8) is 0 Å². The second kappa shape index (κ2) is 8.77. The quantitative estimate of drug-likeness (QED) is 0.338. The van der Waals surface area contributed by atoms with Gasteiger partial charge >= 0.3 is 0 Å². The number of hydrogen-bond acceptors (Lipinski definition) is 6. The number of fused-ring (bicyclic) bond motifs is 1. The lowest BCUT2D eigenvalue weighted by atomic mass is 10.1. The molecule has 0 fully saturated rings. The van der Waals surface area contributed by atoms with Gasteiger partial charge in [0.25, 0.3) is 0 Å². The van der Waals surface area contributed by atoms with Gasteiger partial charge in [-0.3, -0.25) is 4.79 Å². The number of hydrogen-bond donors (Lipinski definition) is 0. The minimum atomic E-state index is -0.00157. The fourth-order valence-electron chi connectivity index (χ4n) is 3.08. The van der Waals surface area contributed by atoms with E-state index < -0.39 is 0 Å². The van der Waals surface area contributed by atoms with Crippen LogP contribution in [0.5, 0.6) is 0 Å². The van der Waals surface area contributed by atoms with E-state index in [1.165, 1.54) is 11.3 Å². The van der Waals surface area contributed by atoms with Gasteiger partial charge < -0.3 is 4.90 Å². The molecule has 1 aromatic heterocycles. The Morgan fingerprint density at radius 1 is 1.21 bits per heavy atom. The molecule has 2 aromatic carbocycles. The minimum Gasteiger partial charge on any atom is -0.371 e. The predicted octanol–water partition coefficient (Wildman–Crippen LogP) is 6.57. The molecule has 0 spiro atoms. The van der Waals surface area contributed by atoms with E-state index in [0.29, 0.717) is 23.5 Å². The SMILES string of the molecule is CCN(CCC#N)c1ccc(N=Nc2c(C(C)=O)sc3ccccc23)c(C)c1. The third-order valence-electron chi connectivity index (χ3n) is 4.57. The van der Waals surface area contributed by atoms with Crippen molar-refractivity contribution in [2.24, 2.45) is 10.2 Å². The average molecular weight is 391 g/mol. The number of nitriles is 1. The zero-order valence-corrected chi connectivity index (χ0v) is 17.1. The zero-order valence-electron chi connectivity index (χ0n) is 16.3. The summed E-state index contributed by atoms with van der Waals surface area (Å²) in [5.41, 5.74) is 3.48. The maximum Gasteiger partial charge on any atom is 0.172 e. The van der Waals surface area contributed by atoms with Crippen LogP contribution >= 0.6 is 11.3 Å². The van der Waals surface area contributed by atoms with Gasteiger partial charge in [0.05, 0.1) is 23.1 Å². The van der Waals surface area contributed by atoms with Crippen molar-refractivity contribution in [3.8, 4) is 6.07 Å². The van der Waals surface area contributed by atoms with E-state index in [2.05, 4.69) is 34.2 Å². The minimum absolute atomic E-state index is 0.00157. The number of anilines is 1. The summed E-state index contributed by atoms with van der Waals surface area (Å²) in [7, 11) is 0. The lowest BCUT2D eigenvalue weighted by molar-refractivity contribution is 0.102. The predicted molar refractivity (Wildman–Crippen MR) is 115 cm³/mol. The van der Waals surface area contributed by atoms with Crippen LogP contribution in [0.15, 0.2) is 52.7 Å². The number of nitrogens with zero attached hydrogens (tertiary/aromatic N) is 4. The molecule has 0 bridgehead atoms. The van der Waals surface area contributed by atoms with Gasteiger partial charge in [0.1, 0.15) is 5.69 Å². The zero-order chi connectivity index (χ0) is 20.1. The first-order chi connectivity index (χ1) is 13.5. The van der Waals surface area contributed by atoms with Gasteiger partial charge in [0, 0.05) is 35.8 Å². The Kier molecular flexibility index (Phi) is 6.17. The van der Waals surface area contributed by atoms with Gasteiger partial charge in [-0.1, -0.05) is 18.2 Å². The summed E-state index contributed by atoms with van der Waals surface area (Å²) in [5, 5.41) is 18.7. The first kappa shape index (κ1) is 19.7. The van der Waals surface area contributed by atoms with E-state index >= 15 is 0 Å². The molecule has 0 N–H and O–H groups in total. The Hall–Kier alpha value is -3.04. The Labute approximate surface area is 168 Å². The number of rotatable bonds is 7. The Balaban J connectivity index is 1.93. The van der Waals surface area contributed by atoms with Crippen molar-refractivity contribution < 1.29 is 4.79 Å². The second-order valence-corrected chi connectivity index (χ2v) is 7.54. The van der Waals surface area contributed by atoms with E-state index in [9.17, 15) is 4.79 Å². The number of azo groups is 1. The highest BCUT2D eigenvalue weighted by Gasteiger charge is 2.15. The molecule has 6 heteroatoms. The molecule has 0 amide bonds. The molecule has 0 radical (unpaired) electrons. The van der Waals surface area contributed by atoms with Crippen LogP contribution in [-0.2, 0) is 0 Å².